The van der Waals surface area contributed by atoms with Crippen molar-refractivity contribution < 1.29 is 18.6 Å². The van der Waals surface area contributed by atoms with Gasteiger partial charge in [0.05, 0.1) is 17.7 Å². The number of fused-ring (bicyclic) bond motifs is 2. The standard InChI is InChI=1S/C21H33N5O4Si/c1-9-12-14-17(22)23-11-24-18(14)26(25-12)19-16-15(29-21(5,6)30-16)13(28-19)10-27-31(7,8)20(2,3)4/h9,11,13,15-16,19H,1,10H2,2-8H3,(H2,22,23,24)/t13-,15-,16-,19-/m1/s1. The average molecular weight is 448 g/mol. The van der Waals surface area contributed by atoms with Gasteiger partial charge in [0.2, 0.25) is 0 Å². The predicted molar refractivity (Wildman–Crippen MR) is 121 cm³/mol. The van der Waals surface area contributed by atoms with Gasteiger partial charge in [0.25, 0.3) is 0 Å². The van der Waals surface area contributed by atoms with E-state index >= 15 is 0 Å². The molecule has 0 saturated carbocycles. The maximum Gasteiger partial charge on any atom is 0.192 e. The Hall–Kier alpha value is -1.85. The van der Waals surface area contributed by atoms with Crippen molar-refractivity contribution >= 4 is 31.2 Å². The zero-order valence-electron chi connectivity index (χ0n) is 19.4. The van der Waals surface area contributed by atoms with Crippen molar-refractivity contribution in [2.24, 2.45) is 0 Å². The molecule has 2 N–H and O–H groups in total. The van der Waals surface area contributed by atoms with E-state index in [0.717, 1.165) is 0 Å². The van der Waals surface area contributed by atoms with Crippen LogP contribution in [0.5, 0.6) is 0 Å². The van der Waals surface area contributed by atoms with E-state index in [0.29, 0.717) is 29.2 Å². The van der Waals surface area contributed by atoms with Crippen molar-refractivity contribution in [3.8, 4) is 0 Å². The Bertz CT molecular complexity index is 1000. The van der Waals surface area contributed by atoms with Crippen LogP contribution in [0.2, 0.25) is 18.1 Å². The molecule has 0 aromatic carbocycles. The third kappa shape index (κ3) is 3.80. The highest BCUT2D eigenvalue weighted by Gasteiger charge is 2.57. The van der Waals surface area contributed by atoms with Crippen LogP contribution in [0, 0.1) is 0 Å². The Balaban J connectivity index is 1.68. The van der Waals surface area contributed by atoms with E-state index < -0.39 is 20.3 Å². The number of nitrogen functional groups attached to an aromatic ring is 1. The normalized spacial score (nSPS) is 28.2. The van der Waals surface area contributed by atoms with Crippen LogP contribution in [0.4, 0.5) is 5.82 Å². The summed E-state index contributed by atoms with van der Waals surface area (Å²) in [5.41, 5.74) is 7.27. The topological polar surface area (TPSA) is 107 Å². The summed E-state index contributed by atoms with van der Waals surface area (Å²) in [7, 11) is -1.96. The van der Waals surface area contributed by atoms with Gasteiger partial charge in [-0.15, -0.1) is 0 Å². The lowest BCUT2D eigenvalue weighted by Crippen LogP contribution is -2.44. The number of anilines is 1. The Morgan fingerprint density at radius 2 is 1.94 bits per heavy atom. The van der Waals surface area contributed by atoms with Crippen molar-refractivity contribution in [1.82, 2.24) is 19.7 Å². The number of rotatable bonds is 5. The maximum absolute atomic E-state index is 6.46. The lowest BCUT2D eigenvalue weighted by molar-refractivity contribution is -0.200. The van der Waals surface area contributed by atoms with E-state index in [4.69, 9.17) is 24.4 Å². The summed E-state index contributed by atoms with van der Waals surface area (Å²) in [4.78, 5) is 8.50. The molecule has 2 aromatic heterocycles. The average Bonchev–Trinajstić information content (AvgIpc) is 3.28. The van der Waals surface area contributed by atoms with Gasteiger partial charge in [-0.05, 0) is 38.1 Å². The Kier molecular flexibility index (Phi) is 5.29. The van der Waals surface area contributed by atoms with Crippen molar-refractivity contribution in [2.75, 3.05) is 12.3 Å². The first-order valence-corrected chi connectivity index (χ1v) is 13.5. The third-order valence-corrected chi connectivity index (χ3v) is 11.0. The minimum absolute atomic E-state index is 0.0994. The monoisotopic (exact) mass is 447 g/mol. The summed E-state index contributed by atoms with van der Waals surface area (Å²) in [6, 6.07) is 0. The maximum atomic E-state index is 6.46. The van der Waals surface area contributed by atoms with Gasteiger partial charge in [-0.2, -0.15) is 5.10 Å². The first kappa shape index (κ1) is 22.3. The van der Waals surface area contributed by atoms with Crippen molar-refractivity contribution in [3.63, 3.8) is 0 Å². The van der Waals surface area contributed by atoms with Crippen LogP contribution in [0.1, 0.15) is 46.5 Å². The molecule has 4 atom stereocenters. The zero-order chi connectivity index (χ0) is 22.8. The molecule has 0 bridgehead atoms. The van der Waals surface area contributed by atoms with E-state index in [2.05, 4.69) is 55.5 Å². The Labute approximate surface area is 184 Å². The molecule has 31 heavy (non-hydrogen) atoms. The molecule has 4 heterocycles. The van der Waals surface area contributed by atoms with Crippen LogP contribution in [0.3, 0.4) is 0 Å². The number of aromatic nitrogens is 4. The van der Waals surface area contributed by atoms with Crippen molar-refractivity contribution in [1.29, 1.82) is 0 Å². The van der Waals surface area contributed by atoms with Gasteiger partial charge in [-0.3, -0.25) is 0 Å². The summed E-state index contributed by atoms with van der Waals surface area (Å²) in [6.07, 6.45) is 1.58. The Morgan fingerprint density at radius 3 is 2.58 bits per heavy atom. The van der Waals surface area contributed by atoms with E-state index in [-0.39, 0.29) is 23.4 Å². The molecule has 2 saturated heterocycles. The van der Waals surface area contributed by atoms with Gasteiger partial charge >= 0.3 is 0 Å². The molecule has 10 heteroatoms. The minimum atomic E-state index is -1.96. The number of ether oxygens (including phenoxy) is 3. The molecule has 170 valence electrons. The molecule has 2 aromatic rings. The molecule has 4 rings (SSSR count). The van der Waals surface area contributed by atoms with Crippen LogP contribution in [0.25, 0.3) is 17.1 Å². The van der Waals surface area contributed by atoms with Crippen LogP contribution in [-0.4, -0.2) is 58.8 Å². The van der Waals surface area contributed by atoms with Crippen LogP contribution < -0.4 is 5.73 Å². The number of nitrogens with zero attached hydrogens (tertiary/aromatic N) is 4. The smallest absolute Gasteiger partial charge is 0.192 e. The summed E-state index contributed by atoms with van der Waals surface area (Å²) < 4.78 is 27.1. The summed E-state index contributed by atoms with van der Waals surface area (Å²) in [6.45, 7) is 19.2. The van der Waals surface area contributed by atoms with E-state index in [1.54, 1.807) is 10.8 Å². The molecular weight excluding hydrogens is 414 g/mol. The van der Waals surface area contributed by atoms with Crippen LogP contribution in [-0.2, 0) is 18.6 Å². The highest BCUT2D eigenvalue weighted by molar-refractivity contribution is 6.74. The second kappa shape index (κ2) is 7.34. The fourth-order valence-electron chi connectivity index (χ4n) is 3.84. The number of nitrogens with two attached hydrogens (primary N) is 1. The molecule has 9 nitrogen and oxygen atoms in total. The van der Waals surface area contributed by atoms with Gasteiger partial charge in [-0.1, -0.05) is 27.4 Å². The molecule has 2 aliphatic heterocycles. The predicted octanol–water partition coefficient (Wildman–Crippen LogP) is 3.49. The minimum Gasteiger partial charge on any atom is -0.414 e. The molecule has 0 radical (unpaired) electrons. The summed E-state index contributed by atoms with van der Waals surface area (Å²) in [5, 5.41) is 5.41. The molecular formula is C21H33N5O4Si. The van der Waals surface area contributed by atoms with E-state index in [9.17, 15) is 0 Å². The van der Waals surface area contributed by atoms with E-state index in [1.165, 1.54) is 6.33 Å². The molecule has 0 spiro atoms. The van der Waals surface area contributed by atoms with Crippen LogP contribution in [0.15, 0.2) is 12.9 Å². The zero-order valence-corrected chi connectivity index (χ0v) is 20.4. The van der Waals surface area contributed by atoms with Crippen LogP contribution >= 0.6 is 0 Å². The van der Waals surface area contributed by atoms with Crippen molar-refractivity contribution in [3.05, 3.63) is 18.6 Å². The lowest BCUT2D eigenvalue weighted by atomic mass is 10.1. The van der Waals surface area contributed by atoms with Gasteiger partial charge in [0.1, 0.15) is 30.5 Å². The SMILES string of the molecule is C=Cc1nn([C@@H]2O[C@H](CO[Si](C)(C)C(C)(C)C)[C@H]3OC(C)(C)O[C@H]32)c2ncnc(N)c12. The lowest BCUT2D eigenvalue weighted by Gasteiger charge is -2.37. The molecule has 0 unspecified atom stereocenters. The first-order chi connectivity index (χ1) is 14.3. The fourth-order valence-corrected chi connectivity index (χ4v) is 4.85. The summed E-state index contributed by atoms with van der Waals surface area (Å²) in [5.74, 6) is -0.382. The third-order valence-electron chi connectivity index (χ3n) is 6.52. The second-order valence-corrected chi connectivity index (χ2v) is 15.0. The number of hydrogen-bond acceptors (Lipinski definition) is 8. The highest BCUT2D eigenvalue weighted by atomic mass is 28.4. The quantitative estimate of drug-likeness (QED) is 0.694. The molecule has 2 fully saturated rings. The first-order valence-electron chi connectivity index (χ1n) is 10.6. The molecule has 0 aliphatic carbocycles. The van der Waals surface area contributed by atoms with Gasteiger partial charge in [0.15, 0.2) is 26.0 Å². The number of hydrogen-bond donors (Lipinski definition) is 1. The highest BCUT2D eigenvalue weighted by Crippen LogP contribution is 2.45. The summed E-state index contributed by atoms with van der Waals surface area (Å²) >= 11 is 0. The molecule has 2 aliphatic rings. The molecule has 0 amide bonds. The van der Waals surface area contributed by atoms with Gasteiger partial charge in [0, 0.05) is 0 Å². The van der Waals surface area contributed by atoms with Crippen molar-refractivity contribution in [2.45, 2.75) is 83.1 Å². The van der Waals surface area contributed by atoms with E-state index in [1.807, 2.05) is 13.8 Å². The van der Waals surface area contributed by atoms with Gasteiger partial charge < -0.3 is 24.4 Å². The Morgan fingerprint density at radius 1 is 1.26 bits per heavy atom. The second-order valence-electron chi connectivity index (χ2n) is 10.2. The fraction of sp³-hybridized carbons (Fsp3) is 0.667. The largest absolute Gasteiger partial charge is 0.414 e. The van der Waals surface area contributed by atoms with Gasteiger partial charge in [-0.25, -0.2) is 14.6 Å².